The highest BCUT2D eigenvalue weighted by atomic mass is 16.4. The minimum absolute atomic E-state index is 0.0304. The summed E-state index contributed by atoms with van der Waals surface area (Å²) < 4.78 is 0. The van der Waals surface area contributed by atoms with Crippen LogP contribution in [0.4, 0.5) is 0 Å². The smallest absolute Gasteiger partial charge is 0.307 e. The Morgan fingerprint density at radius 1 is 1.28 bits per heavy atom. The van der Waals surface area contributed by atoms with E-state index in [2.05, 4.69) is 5.32 Å². The molecule has 0 bridgehead atoms. The van der Waals surface area contributed by atoms with Gasteiger partial charge in [-0.25, -0.2) is 0 Å². The molecule has 3 N–H and O–H groups in total. The van der Waals surface area contributed by atoms with Gasteiger partial charge in [0.25, 0.3) is 0 Å². The van der Waals surface area contributed by atoms with Gasteiger partial charge in [-0.15, -0.1) is 0 Å². The number of carboxylic acid groups (broad SMARTS) is 1. The van der Waals surface area contributed by atoms with Crippen LogP contribution in [-0.2, 0) is 17.8 Å². The first-order chi connectivity index (χ1) is 8.54. The number of nitrogens with one attached hydrogen (secondary N) is 1. The summed E-state index contributed by atoms with van der Waals surface area (Å²) in [6.45, 7) is 4.74. The van der Waals surface area contributed by atoms with E-state index in [1.54, 1.807) is 0 Å². The van der Waals surface area contributed by atoms with Crippen molar-refractivity contribution < 1.29 is 15.0 Å². The molecule has 0 aliphatic heterocycles. The molecule has 0 amide bonds. The zero-order chi connectivity index (χ0) is 13.5. The van der Waals surface area contributed by atoms with Gasteiger partial charge >= 0.3 is 5.97 Å². The number of aliphatic hydroxyl groups is 1. The lowest BCUT2D eigenvalue weighted by molar-refractivity contribution is -0.136. The first kappa shape index (κ1) is 14.7. The first-order valence-corrected chi connectivity index (χ1v) is 6.17. The van der Waals surface area contributed by atoms with Crippen LogP contribution in [0.5, 0.6) is 0 Å². The summed E-state index contributed by atoms with van der Waals surface area (Å²) in [4.78, 5) is 10.8. The summed E-state index contributed by atoms with van der Waals surface area (Å²) in [5.41, 5.74) is 1.79. The van der Waals surface area contributed by atoms with Crippen molar-refractivity contribution in [3.05, 3.63) is 35.4 Å². The second kappa shape index (κ2) is 7.13. The van der Waals surface area contributed by atoms with E-state index in [-0.39, 0.29) is 19.1 Å². The van der Waals surface area contributed by atoms with E-state index in [4.69, 9.17) is 5.11 Å². The fraction of sp³-hybridized carbons (Fsp3) is 0.500. The quantitative estimate of drug-likeness (QED) is 0.685. The molecule has 0 aromatic heterocycles. The Labute approximate surface area is 108 Å². The maximum Gasteiger partial charge on any atom is 0.307 e. The highest BCUT2D eigenvalue weighted by Gasteiger charge is 2.12. The highest BCUT2D eigenvalue weighted by Crippen LogP contribution is 2.11. The molecular weight excluding hydrogens is 230 g/mol. The average Bonchev–Trinajstić information content (AvgIpc) is 2.30. The van der Waals surface area contributed by atoms with E-state index in [1.165, 1.54) is 0 Å². The molecule has 0 saturated heterocycles. The standard InChI is InChI=1S/C14H21NO3/c1-10(2)13(9-16)15-8-12-6-4-3-5-11(12)7-14(17)18/h3-6,10,13,15-16H,7-9H2,1-2H3,(H,17,18)/t13-/m1/s1. The lowest BCUT2D eigenvalue weighted by atomic mass is 10.0. The van der Waals surface area contributed by atoms with Crippen LogP contribution in [0.3, 0.4) is 0 Å². The lowest BCUT2D eigenvalue weighted by Gasteiger charge is -2.20. The van der Waals surface area contributed by atoms with Crippen molar-refractivity contribution in [3.63, 3.8) is 0 Å². The van der Waals surface area contributed by atoms with Crippen molar-refractivity contribution in [2.24, 2.45) is 5.92 Å². The molecule has 0 aliphatic rings. The Morgan fingerprint density at radius 2 is 1.89 bits per heavy atom. The van der Waals surface area contributed by atoms with E-state index < -0.39 is 5.97 Å². The van der Waals surface area contributed by atoms with E-state index in [1.807, 2.05) is 38.1 Å². The van der Waals surface area contributed by atoms with Crippen molar-refractivity contribution in [1.29, 1.82) is 0 Å². The molecular formula is C14H21NO3. The molecule has 0 fully saturated rings. The van der Waals surface area contributed by atoms with Crippen LogP contribution >= 0.6 is 0 Å². The van der Waals surface area contributed by atoms with Crippen molar-refractivity contribution >= 4 is 5.97 Å². The molecule has 4 nitrogen and oxygen atoms in total. The number of benzene rings is 1. The van der Waals surface area contributed by atoms with E-state index in [0.717, 1.165) is 11.1 Å². The second-order valence-corrected chi connectivity index (χ2v) is 4.75. The van der Waals surface area contributed by atoms with Gasteiger partial charge in [-0.3, -0.25) is 4.79 Å². The minimum atomic E-state index is -0.829. The zero-order valence-electron chi connectivity index (χ0n) is 10.9. The number of aliphatic hydroxyl groups excluding tert-OH is 1. The molecule has 0 heterocycles. The molecule has 100 valence electrons. The van der Waals surface area contributed by atoms with E-state index >= 15 is 0 Å². The summed E-state index contributed by atoms with van der Waals surface area (Å²) in [5.74, 6) is -0.494. The number of hydrogen-bond donors (Lipinski definition) is 3. The molecule has 0 unspecified atom stereocenters. The van der Waals surface area contributed by atoms with Gasteiger partial charge in [0.1, 0.15) is 0 Å². The van der Waals surface area contributed by atoms with Crippen LogP contribution in [-0.4, -0.2) is 28.8 Å². The molecule has 0 spiro atoms. The highest BCUT2D eigenvalue weighted by molar-refractivity contribution is 5.70. The van der Waals surface area contributed by atoms with E-state index in [0.29, 0.717) is 12.5 Å². The van der Waals surface area contributed by atoms with Gasteiger partial charge in [-0.05, 0) is 17.0 Å². The topological polar surface area (TPSA) is 69.6 Å². The monoisotopic (exact) mass is 251 g/mol. The number of carbonyl (C=O) groups is 1. The van der Waals surface area contributed by atoms with Gasteiger partial charge in [0.15, 0.2) is 0 Å². The molecule has 4 heteroatoms. The Balaban J connectivity index is 2.69. The summed E-state index contributed by atoms with van der Waals surface area (Å²) in [7, 11) is 0. The fourth-order valence-corrected chi connectivity index (χ4v) is 1.82. The van der Waals surface area contributed by atoms with Crippen LogP contribution in [0.15, 0.2) is 24.3 Å². The van der Waals surface area contributed by atoms with Gasteiger partial charge < -0.3 is 15.5 Å². The van der Waals surface area contributed by atoms with Crippen molar-refractivity contribution in [2.75, 3.05) is 6.61 Å². The first-order valence-electron chi connectivity index (χ1n) is 6.17. The molecule has 1 atom stereocenters. The normalized spacial score (nSPS) is 12.7. The van der Waals surface area contributed by atoms with Crippen molar-refractivity contribution in [1.82, 2.24) is 5.32 Å². The van der Waals surface area contributed by atoms with Crippen molar-refractivity contribution in [3.8, 4) is 0 Å². The number of hydrogen-bond acceptors (Lipinski definition) is 3. The van der Waals surface area contributed by atoms with Gasteiger partial charge in [-0.1, -0.05) is 38.1 Å². The van der Waals surface area contributed by atoms with Gasteiger partial charge in [-0.2, -0.15) is 0 Å². The predicted octanol–water partition coefficient (Wildman–Crippen LogP) is 1.42. The van der Waals surface area contributed by atoms with Crippen LogP contribution in [0, 0.1) is 5.92 Å². The molecule has 1 rings (SSSR count). The SMILES string of the molecule is CC(C)[C@@H](CO)NCc1ccccc1CC(=O)O. The van der Waals surface area contributed by atoms with Crippen molar-refractivity contribution in [2.45, 2.75) is 32.9 Å². The predicted molar refractivity (Wildman–Crippen MR) is 70.3 cm³/mol. The minimum Gasteiger partial charge on any atom is -0.481 e. The summed E-state index contributed by atoms with van der Waals surface area (Å²) in [6.07, 6.45) is 0.0311. The van der Waals surface area contributed by atoms with Crippen LogP contribution in [0.25, 0.3) is 0 Å². The Morgan fingerprint density at radius 3 is 2.39 bits per heavy atom. The molecule has 0 aliphatic carbocycles. The molecule has 1 aromatic carbocycles. The van der Waals surface area contributed by atoms with E-state index in [9.17, 15) is 9.90 Å². The lowest BCUT2D eigenvalue weighted by Crippen LogP contribution is -2.36. The second-order valence-electron chi connectivity index (χ2n) is 4.75. The average molecular weight is 251 g/mol. The molecule has 18 heavy (non-hydrogen) atoms. The van der Waals surface area contributed by atoms with Gasteiger partial charge in [0.2, 0.25) is 0 Å². The number of rotatable bonds is 7. The van der Waals surface area contributed by atoms with Crippen LogP contribution < -0.4 is 5.32 Å². The zero-order valence-corrected chi connectivity index (χ0v) is 10.9. The molecule has 1 aromatic rings. The third kappa shape index (κ3) is 4.47. The molecule has 0 saturated carbocycles. The maximum atomic E-state index is 10.8. The Bertz CT molecular complexity index is 390. The molecule has 0 radical (unpaired) electrons. The third-order valence-electron chi connectivity index (χ3n) is 3.02. The Kier molecular flexibility index (Phi) is 5.82. The third-order valence-corrected chi connectivity index (χ3v) is 3.02. The summed E-state index contributed by atoms with van der Waals surface area (Å²) in [6, 6.07) is 7.51. The maximum absolute atomic E-state index is 10.8. The van der Waals surface area contributed by atoms with Crippen LogP contribution in [0.1, 0.15) is 25.0 Å². The Hall–Kier alpha value is -1.39. The van der Waals surface area contributed by atoms with Crippen LogP contribution in [0.2, 0.25) is 0 Å². The van der Waals surface area contributed by atoms with Gasteiger partial charge in [0.05, 0.1) is 13.0 Å². The number of aliphatic carboxylic acids is 1. The number of carboxylic acids is 1. The largest absolute Gasteiger partial charge is 0.481 e. The van der Waals surface area contributed by atoms with Gasteiger partial charge in [0, 0.05) is 12.6 Å². The summed E-state index contributed by atoms with van der Waals surface area (Å²) in [5, 5.41) is 21.3. The fourth-order valence-electron chi connectivity index (χ4n) is 1.82. The summed E-state index contributed by atoms with van der Waals surface area (Å²) >= 11 is 0.